The highest BCUT2D eigenvalue weighted by Gasteiger charge is 2.33. The normalized spacial score (nSPS) is 22.9. The molecule has 19 heavy (non-hydrogen) atoms. The minimum absolute atomic E-state index is 0.0582. The van der Waals surface area contributed by atoms with Crippen LogP contribution in [0.2, 0.25) is 0 Å². The van der Waals surface area contributed by atoms with Crippen LogP contribution in [0.5, 0.6) is 0 Å². The highest BCUT2D eigenvalue weighted by Crippen LogP contribution is 2.34. The van der Waals surface area contributed by atoms with Crippen LogP contribution >= 0.6 is 0 Å². The van der Waals surface area contributed by atoms with E-state index in [0.717, 1.165) is 51.2 Å². The van der Waals surface area contributed by atoms with Gasteiger partial charge in [0.15, 0.2) is 0 Å². The van der Waals surface area contributed by atoms with Gasteiger partial charge in [-0.2, -0.15) is 0 Å². The van der Waals surface area contributed by atoms with Crippen LogP contribution in [0.3, 0.4) is 0 Å². The van der Waals surface area contributed by atoms with Gasteiger partial charge in [0, 0.05) is 26.2 Å². The largest absolute Gasteiger partial charge is 0.396 e. The predicted molar refractivity (Wildman–Crippen MR) is 76.0 cm³/mol. The number of carbonyl (C=O) groups is 1. The first kappa shape index (κ1) is 14.6. The number of rotatable bonds is 5. The van der Waals surface area contributed by atoms with Crippen molar-refractivity contribution in [1.82, 2.24) is 10.2 Å². The van der Waals surface area contributed by atoms with E-state index in [1.54, 1.807) is 0 Å². The third-order valence-corrected chi connectivity index (χ3v) is 5.25. The fourth-order valence-electron chi connectivity index (χ4n) is 3.08. The third kappa shape index (κ3) is 3.62. The summed E-state index contributed by atoms with van der Waals surface area (Å²) < 4.78 is 0. The highest BCUT2D eigenvalue weighted by atomic mass is 16.3. The number of carbonyl (C=O) groups excluding carboxylic acids is 1. The molecule has 1 aliphatic heterocycles. The van der Waals surface area contributed by atoms with Gasteiger partial charge in [0.2, 0.25) is 0 Å². The summed E-state index contributed by atoms with van der Waals surface area (Å²) in [5, 5.41) is 12.5. The molecule has 0 atom stereocenters. The molecule has 1 aliphatic carbocycles. The van der Waals surface area contributed by atoms with Crippen LogP contribution in [0.15, 0.2) is 0 Å². The summed E-state index contributed by atoms with van der Waals surface area (Å²) in [4.78, 5) is 13.9. The molecule has 110 valence electrons. The van der Waals surface area contributed by atoms with Crippen LogP contribution in [0.25, 0.3) is 0 Å². The quantitative estimate of drug-likeness (QED) is 0.804. The molecule has 2 N–H and O–H groups in total. The Bertz CT molecular complexity index is 289. The first-order valence-electron chi connectivity index (χ1n) is 7.83. The van der Waals surface area contributed by atoms with Gasteiger partial charge in [0.25, 0.3) is 0 Å². The topological polar surface area (TPSA) is 52.6 Å². The zero-order valence-corrected chi connectivity index (χ0v) is 12.2. The summed E-state index contributed by atoms with van der Waals surface area (Å²) in [6.45, 7) is 4.76. The lowest BCUT2D eigenvalue weighted by Gasteiger charge is -2.40. The molecule has 2 fully saturated rings. The number of aliphatic hydroxyl groups is 1. The molecule has 0 spiro atoms. The molecule has 0 unspecified atom stereocenters. The Morgan fingerprint density at radius 3 is 2.53 bits per heavy atom. The molecule has 0 aromatic rings. The molecule has 0 aromatic heterocycles. The van der Waals surface area contributed by atoms with Gasteiger partial charge >= 0.3 is 6.03 Å². The Morgan fingerprint density at radius 1 is 1.37 bits per heavy atom. The first-order valence-corrected chi connectivity index (χ1v) is 7.83. The van der Waals surface area contributed by atoms with Crippen LogP contribution < -0.4 is 5.32 Å². The van der Waals surface area contributed by atoms with E-state index in [4.69, 9.17) is 0 Å². The van der Waals surface area contributed by atoms with Gasteiger partial charge in [0.05, 0.1) is 0 Å². The lowest BCUT2D eigenvalue weighted by molar-refractivity contribution is 0.0519. The maximum absolute atomic E-state index is 12.0. The van der Waals surface area contributed by atoms with Crippen molar-refractivity contribution in [2.75, 3.05) is 26.2 Å². The lowest BCUT2D eigenvalue weighted by atomic mass is 9.77. The van der Waals surface area contributed by atoms with E-state index < -0.39 is 0 Å². The zero-order valence-electron chi connectivity index (χ0n) is 12.2. The summed E-state index contributed by atoms with van der Waals surface area (Å²) in [6.07, 6.45) is 8.04. The molecule has 0 bridgehead atoms. The first-order chi connectivity index (χ1) is 9.19. The lowest BCUT2D eigenvalue weighted by Crippen LogP contribution is -2.48. The monoisotopic (exact) mass is 268 g/mol. The van der Waals surface area contributed by atoms with E-state index in [9.17, 15) is 9.90 Å². The number of nitrogens with one attached hydrogen (secondary N) is 1. The maximum atomic E-state index is 12.0. The molecule has 2 aliphatic rings. The number of amides is 2. The number of hydrogen-bond donors (Lipinski definition) is 2. The van der Waals surface area contributed by atoms with Crippen LogP contribution in [-0.2, 0) is 0 Å². The van der Waals surface area contributed by atoms with E-state index in [2.05, 4.69) is 12.2 Å². The summed E-state index contributed by atoms with van der Waals surface area (Å²) in [6, 6.07) is 0.0852. The van der Waals surface area contributed by atoms with Gasteiger partial charge in [-0.15, -0.1) is 0 Å². The van der Waals surface area contributed by atoms with Crippen molar-refractivity contribution in [1.29, 1.82) is 0 Å². The number of aliphatic hydroxyl groups excluding tert-OH is 1. The highest BCUT2D eigenvalue weighted by molar-refractivity contribution is 5.74. The minimum atomic E-state index is 0.0582. The standard InChI is InChI=1S/C15H28N2O2/c1-2-15(12-18)7-10-17(11-8-15)14(19)16-9-6-13-4-3-5-13/h13,18H,2-12H2,1H3,(H,16,19). The summed E-state index contributed by atoms with van der Waals surface area (Å²) in [7, 11) is 0. The molecule has 1 saturated heterocycles. The Hall–Kier alpha value is -0.770. The van der Waals surface area contributed by atoms with Crippen LogP contribution in [0, 0.1) is 11.3 Å². The second-order valence-corrected chi connectivity index (χ2v) is 6.32. The second kappa shape index (κ2) is 6.60. The van der Waals surface area contributed by atoms with Crippen molar-refractivity contribution in [2.45, 2.75) is 51.9 Å². The average Bonchev–Trinajstić information content (AvgIpc) is 2.41. The van der Waals surface area contributed by atoms with Gasteiger partial charge < -0.3 is 15.3 Å². The molecule has 1 saturated carbocycles. The fourth-order valence-corrected chi connectivity index (χ4v) is 3.08. The smallest absolute Gasteiger partial charge is 0.317 e. The Labute approximate surface area is 116 Å². The van der Waals surface area contributed by atoms with E-state index in [0.29, 0.717) is 0 Å². The number of urea groups is 1. The van der Waals surface area contributed by atoms with Gasteiger partial charge in [-0.3, -0.25) is 0 Å². The zero-order chi connectivity index (χ0) is 13.7. The molecular formula is C15H28N2O2. The number of hydrogen-bond acceptors (Lipinski definition) is 2. The molecule has 2 amide bonds. The summed E-state index contributed by atoms with van der Waals surface area (Å²) in [5.41, 5.74) is 0.0582. The summed E-state index contributed by atoms with van der Waals surface area (Å²) in [5.74, 6) is 0.851. The van der Waals surface area contributed by atoms with Crippen molar-refractivity contribution in [3.05, 3.63) is 0 Å². The van der Waals surface area contributed by atoms with Crippen molar-refractivity contribution in [3.8, 4) is 0 Å². The molecule has 4 nitrogen and oxygen atoms in total. The van der Waals surface area contributed by atoms with Gasteiger partial charge in [-0.25, -0.2) is 4.79 Å². The van der Waals surface area contributed by atoms with Crippen LogP contribution in [-0.4, -0.2) is 42.3 Å². The van der Waals surface area contributed by atoms with Crippen molar-refractivity contribution < 1.29 is 9.90 Å². The third-order valence-electron chi connectivity index (χ3n) is 5.25. The van der Waals surface area contributed by atoms with E-state index >= 15 is 0 Å². The second-order valence-electron chi connectivity index (χ2n) is 6.32. The Balaban J connectivity index is 1.66. The van der Waals surface area contributed by atoms with Crippen LogP contribution in [0.1, 0.15) is 51.9 Å². The SMILES string of the molecule is CCC1(CO)CCN(C(=O)NCCC2CCC2)CC1. The van der Waals surface area contributed by atoms with Gasteiger partial charge in [0.1, 0.15) is 0 Å². The minimum Gasteiger partial charge on any atom is -0.396 e. The van der Waals surface area contributed by atoms with Gasteiger partial charge in [-0.05, 0) is 37.0 Å². The number of likely N-dealkylation sites (tertiary alicyclic amines) is 1. The molecule has 4 heteroatoms. The van der Waals surface area contributed by atoms with Gasteiger partial charge in [-0.1, -0.05) is 26.2 Å². The number of nitrogens with zero attached hydrogens (tertiary/aromatic N) is 1. The summed E-state index contributed by atoms with van der Waals surface area (Å²) >= 11 is 0. The van der Waals surface area contributed by atoms with E-state index in [-0.39, 0.29) is 18.1 Å². The van der Waals surface area contributed by atoms with E-state index in [1.807, 2.05) is 4.90 Å². The maximum Gasteiger partial charge on any atom is 0.317 e. The Morgan fingerprint density at radius 2 is 2.05 bits per heavy atom. The molecule has 1 heterocycles. The van der Waals surface area contributed by atoms with Crippen molar-refractivity contribution in [3.63, 3.8) is 0 Å². The number of piperidine rings is 1. The van der Waals surface area contributed by atoms with E-state index in [1.165, 1.54) is 19.3 Å². The molecular weight excluding hydrogens is 240 g/mol. The molecule has 0 radical (unpaired) electrons. The fraction of sp³-hybridized carbons (Fsp3) is 0.933. The van der Waals surface area contributed by atoms with Crippen LogP contribution in [0.4, 0.5) is 4.79 Å². The Kier molecular flexibility index (Phi) is 5.08. The average molecular weight is 268 g/mol. The molecule has 0 aromatic carbocycles. The predicted octanol–water partition coefficient (Wildman–Crippen LogP) is 2.37. The van der Waals surface area contributed by atoms with Crippen molar-refractivity contribution >= 4 is 6.03 Å². The molecule has 2 rings (SSSR count). The van der Waals surface area contributed by atoms with Crippen molar-refractivity contribution in [2.24, 2.45) is 11.3 Å².